The van der Waals surface area contributed by atoms with Crippen LogP contribution in [0.15, 0.2) is 29.1 Å². The minimum absolute atomic E-state index is 0.101. The number of rotatable bonds is 7. The summed E-state index contributed by atoms with van der Waals surface area (Å²) in [4.78, 5) is 17.5. The van der Waals surface area contributed by atoms with Gasteiger partial charge in [-0.05, 0) is 60.4 Å². The molecule has 0 saturated carbocycles. The van der Waals surface area contributed by atoms with Crippen molar-refractivity contribution in [2.75, 3.05) is 33.9 Å². The number of benzene rings is 1. The number of fused-ring (bicyclic) bond motifs is 1. The van der Waals surface area contributed by atoms with Gasteiger partial charge in [0.2, 0.25) is 5.82 Å². The number of methoxy groups -OCH3 is 2. The predicted octanol–water partition coefficient (Wildman–Crippen LogP) is 0.718. The Hall–Kier alpha value is -2.78. The Balaban J connectivity index is 1.84. The first-order valence-corrected chi connectivity index (χ1v) is 10.5. The fourth-order valence-electron chi connectivity index (χ4n) is 4.31. The van der Waals surface area contributed by atoms with Gasteiger partial charge in [0.1, 0.15) is 5.75 Å². The quantitative estimate of drug-likeness (QED) is 0.592. The maximum atomic E-state index is 13.2. The third-order valence-corrected chi connectivity index (χ3v) is 5.87. The van der Waals surface area contributed by atoms with Crippen molar-refractivity contribution in [2.45, 2.75) is 38.3 Å². The van der Waals surface area contributed by atoms with Crippen LogP contribution in [0.5, 0.6) is 5.75 Å². The first kappa shape index (κ1) is 20.5. The largest absolute Gasteiger partial charge is 0.497 e. The number of hydrogen-bond acceptors (Lipinski definition) is 6. The predicted molar refractivity (Wildman–Crippen MR) is 112 cm³/mol. The summed E-state index contributed by atoms with van der Waals surface area (Å²) in [6.07, 6.45) is 4.70. The first-order valence-electron chi connectivity index (χ1n) is 10.5. The monoisotopic (exact) mass is 413 g/mol. The number of quaternary nitrogens is 1. The number of pyridine rings is 1. The Morgan fingerprint density at radius 3 is 2.70 bits per heavy atom. The highest BCUT2D eigenvalue weighted by molar-refractivity contribution is 5.80. The van der Waals surface area contributed by atoms with Crippen molar-refractivity contribution in [3.8, 4) is 5.75 Å². The molecule has 0 radical (unpaired) electrons. The smallest absolute Gasteiger partial charge is 0.258 e. The van der Waals surface area contributed by atoms with E-state index in [-0.39, 0.29) is 11.6 Å². The average Bonchev–Trinajstić information content (AvgIpc) is 3.05. The van der Waals surface area contributed by atoms with Crippen molar-refractivity contribution in [3.05, 3.63) is 46.0 Å². The van der Waals surface area contributed by atoms with Crippen molar-refractivity contribution < 1.29 is 14.4 Å². The normalized spacial score (nSPS) is 16.5. The molecule has 1 aliphatic rings. The standard InChI is InChI=1S/C21H28N6O3/c1-29-12-11-27-20(23-24-25-27)19(26-9-5-3-4-6-10-26)17-14-15-13-16(30-2)7-8-18(15)22-21(17)28/h7-8,13-14,19H,3-6,9-12H2,1-2H3,(H,22,28)/p+1/t19-/m0/s1. The Kier molecular flexibility index (Phi) is 6.39. The van der Waals surface area contributed by atoms with E-state index in [2.05, 4.69) is 20.5 Å². The van der Waals surface area contributed by atoms with Gasteiger partial charge in [0.05, 0.1) is 38.9 Å². The van der Waals surface area contributed by atoms with Gasteiger partial charge in [-0.25, -0.2) is 4.68 Å². The van der Waals surface area contributed by atoms with Crippen molar-refractivity contribution in [1.82, 2.24) is 25.2 Å². The van der Waals surface area contributed by atoms with Crippen LogP contribution < -0.4 is 15.2 Å². The van der Waals surface area contributed by atoms with Gasteiger partial charge >= 0.3 is 0 Å². The molecular formula is C21H29N6O3+. The summed E-state index contributed by atoms with van der Waals surface area (Å²) in [6.45, 7) is 3.02. The van der Waals surface area contributed by atoms with Crippen LogP contribution in [0.3, 0.4) is 0 Å². The van der Waals surface area contributed by atoms with E-state index in [4.69, 9.17) is 9.47 Å². The second-order valence-electron chi connectivity index (χ2n) is 7.77. The second kappa shape index (κ2) is 9.36. The van der Waals surface area contributed by atoms with Crippen LogP contribution in [-0.4, -0.2) is 59.1 Å². The number of tetrazole rings is 1. The molecule has 160 valence electrons. The van der Waals surface area contributed by atoms with Crippen LogP contribution in [0.25, 0.3) is 10.9 Å². The molecular weight excluding hydrogens is 384 g/mol. The first-order chi connectivity index (χ1) is 14.7. The highest BCUT2D eigenvalue weighted by Crippen LogP contribution is 2.22. The van der Waals surface area contributed by atoms with Gasteiger partial charge in [-0.3, -0.25) is 4.79 Å². The molecule has 1 atom stereocenters. The van der Waals surface area contributed by atoms with Gasteiger partial charge in [-0.15, -0.1) is 5.10 Å². The third-order valence-electron chi connectivity index (χ3n) is 5.87. The van der Waals surface area contributed by atoms with E-state index in [1.807, 2.05) is 24.3 Å². The highest BCUT2D eigenvalue weighted by atomic mass is 16.5. The molecule has 3 heterocycles. The Morgan fingerprint density at radius 2 is 1.97 bits per heavy atom. The zero-order chi connectivity index (χ0) is 20.9. The molecule has 1 aromatic carbocycles. The van der Waals surface area contributed by atoms with E-state index >= 15 is 0 Å². The molecule has 3 aromatic rings. The molecule has 2 N–H and O–H groups in total. The minimum atomic E-state index is -0.241. The van der Waals surface area contributed by atoms with E-state index in [0.717, 1.165) is 42.6 Å². The van der Waals surface area contributed by atoms with Crippen LogP contribution in [0.2, 0.25) is 0 Å². The van der Waals surface area contributed by atoms with Crippen molar-refractivity contribution in [1.29, 1.82) is 0 Å². The van der Waals surface area contributed by atoms with E-state index in [0.29, 0.717) is 24.5 Å². The summed E-state index contributed by atoms with van der Waals surface area (Å²) in [7, 11) is 3.30. The molecule has 4 rings (SSSR count). The maximum Gasteiger partial charge on any atom is 0.258 e. The van der Waals surface area contributed by atoms with E-state index in [1.54, 1.807) is 18.9 Å². The zero-order valence-corrected chi connectivity index (χ0v) is 17.6. The lowest BCUT2D eigenvalue weighted by Gasteiger charge is -2.26. The zero-order valence-electron chi connectivity index (χ0n) is 17.6. The SMILES string of the molecule is COCCn1nnnc1[C@H](c1cc2cc(OC)ccc2[nH]c1=O)[NH+]1CCCCCC1. The number of ether oxygens (including phenoxy) is 2. The van der Waals surface area contributed by atoms with Crippen LogP contribution in [0.1, 0.15) is 43.1 Å². The van der Waals surface area contributed by atoms with Crippen LogP contribution in [0.4, 0.5) is 0 Å². The number of aromatic nitrogens is 5. The Morgan fingerprint density at radius 1 is 1.17 bits per heavy atom. The topological polar surface area (TPSA) is 99.4 Å². The summed E-state index contributed by atoms with van der Waals surface area (Å²) < 4.78 is 12.4. The van der Waals surface area contributed by atoms with E-state index in [9.17, 15) is 4.79 Å². The minimum Gasteiger partial charge on any atom is -0.497 e. The van der Waals surface area contributed by atoms with Gasteiger partial charge in [0, 0.05) is 18.0 Å². The molecule has 1 saturated heterocycles. The fourth-order valence-corrected chi connectivity index (χ4v) is 4.31. The summed E-state index contributed by atoms with van der Waals surface area (Å²) in [5, 5.41) is 13.4. The van der Waals surface area contributed by atoms with Crippen molar-refractivity contribution >= 4 is 10.9 Å². The number of nitrogens with one attached hydrogen (secondary N) is 2. The fraction of sp³-hybridized carbons (Fsp3) is 0.524. The Bertz CT molecular complexity index is 1040. The second-order valence-corrected chi connectivity index (χ2v) is 7.77. The molecule has 0 spiro atoms. The molecule has 0 amide bonds. The number of hydrogen-bond donors (Lipinski definition) is 2. The van der Waals surface area contributed by atoms with Crippen molar-refractivity contribution in [2.24, 2.45) is 0 Å². The maximum absolute atomic E-state index is 13.2. The van der Waals surface area contributed by atoms with Gasteiger partial charge < -0.3 is 19.4 Å². The van der Waals surface area contributed by atoms with E-state index in [1.165, 1.54) is 17.7 Å². The molecule has 2 aromatic heterocycles. The molecule has 1 fully saturated rings. The lowest BCUT2D eigenvalue weighted by Crippen LogP contribution is -3.12. The molecule has 9 heteroatoms. The van der Waals surface area contributed by atoms with Crippen LogP contribution >= 0.6 is 0 Å². The molecule has 0 unspecified atom stereocenters. The molecule has 1 aliphatic heterocycles. The van der Waals surface area contributed by atoms with Gasteiger partial charge in [0.25, 0.3) is 5.56 Å². The lowest BCUT2D eigenvalue weighted by atomic mass is 10.0. The highest BCUT2D eigenvalue weighted by Gasteiger charge is 2.34. The molecule has 30 heavy (non-hydrogen) atoms. The summed E-state index contributed by atoms with van der Waals surface area (Å²) >= 11 is 0. The molecule has 0 bridgehead atoms. The van der Waals surface area contributed by atoms with Gasteiger partial charge in [-0.2, -0.15) is 0 Å². The van der Waals surface area contributed by atoms with Crippen LogP contribution in [0, 0.1) is 0 Å². The summed E-state index contributed by atoms with van der Waals surface area (Å²) in [6, 6.07) is 7.39. The lowest BCUT2D eigenvalue weighted by molar-refractivity contribution is -0.925. The number of aromatic amines is 1. The average molecular weight is 414 g/mol. The number of likely N-dealkylation sites (tertiary alicyclic amines) is 1. The summed E-state index contributed by atoms with van der Waals surface area (Å²) in [5.74, 6) is 1.46. The van der Waals surface area contributed by atoms with Crippen LogP contribution in [-0.2, 0) is 11.3 Å². The number of nitrogens with zero attached hydrogens (tertiary/aromatic N) is 4. The van der Waals surface area contributed by atoms with Gasteiger partial charge in [0.15, 0.2) is 6.04 Å². The van der Waals surface area contributed by atoms with E-state index < -0.39 is 0 Å². The number of H-pyrrole nitrogens is 1. The third kappa shape index (κ3) is 4.22. The molecule has 0 aliphatic carbocycles. The summed E-state index contributed by atoms with van der Waals surface area (Å²) in [5.41, 5.74) is 1.37. The van der Waals surface area contributed by atoms with Crippen molar-refractivity contribution in [3.63, 3.8) is 0 Å². The Labute approximate surface area is 175 Å². The molecule has 9 nitrogen and oxygen atoms in total. The van der Waals surface area contributed by atoms with Gasteiger partial charge in [-0.1, -0.05) is 0 Å².